The van der Waals surface area contributed by atoms with Crippen LogP contribution in [-0.2, 0) is 15.1 Å². The molecule has 104 valence electrons. The number of carbonyl (C=O) groups is 1. The summed E-state index contributed by atoms with van der Waals surface area (Å²) < 4.78 is 5.51. The highest BCUT2D eigenvalue weighted by molar-refractivity contribution is 5.81. The summed E-state index contributed by atoms with van der Waals surface area (Å²) in [6, 6.07) is 9.81. The van der Waals surface area contributed by atoms with Gasteiger partial charge in [0.25, 0.3) is 0 Å². The lowest BCUT2D eigenvalue weighted by Gasteiger charge is -2.32. The zero-order valence-corrected chi connectivity index (χ0v) is 11.4. The average molecular weight is 262 g/mol. The van der Waals surface area contributed by atoms with Gasteiger partial charge < -0.3 is 15.8 Å². The fourth-order valence-corrected chi connectivity index (χ4v) is 2.35. The minimum Gasteiger partial charge on any atom is -0.368 e. The fraction of sp³-hybridized carbons (Fsp3) is 0.533. The van der Waals surface area contributed by atoms with Crippen LogP contribution in [0.2, 0.25) is 0 Å². The van der Waals surface area contributed by atoms with E-state index in [4.69, 9.17) is 10.5 Å². The molecular weight excluding hydrogens is 240 g/mol. The highest BCUT2D eigenvalue weighted by atomic mass is 16.5. The maximum atomic E-state index is 12.3. The van der Waals surface area contributed by atoms with Crippen molar-refractivity contribution in [1.82, 2.24) is 5.32 Å². The number of nitrogens with two attached hydrogens (primary N) is 1. The molecular formula is C15H22N2O2. The summed E-state index contributed by atoms with van der Waals surface area (Å²) in [6.07, 6.45) is 2.55. The second-order valence-corrected chi connectivity index (χ2v) is 5.25. The van der Waals surface area contributed by atoms with Gasteiger partial charge >= 0.3 is 0 Å². The third-order valence-corrected chi connectivity index (χ3v) is 3.69. The van der Waals surface area contributed by atoms with Crippen molar-refractivity contribution in [3.05, 3.63) is 35.9 Å². The summed E-state index contributed by atoms with van der Waals surface area (Å²) in [5.41, 5.74) is 6.33. The molecule has 2 unspecified atom stereocenters. The van der Waals surface area contributed by atoms with Crippen LogP contribution in [0.3, 0.4) is 0 Å². The van der Waals surface area contributed by atoms with E-state index in [9.17, 15) is 4.79 Å². The third kappa shape index (κ3) is 3.33. The van der Waals surface area contributed by atoms with E-state index in [-0.39, 0.29) is 12.0 Å². The molecule has 1 amide bonds. The van der Waals surface area contributed by atoms with E-state index in [2.05, 4.69) is 5.32 Å². The molecule has 1 aliphatic rings. The molecule has 1 aliphatic heterocycles. The number of hydrogen-bond acceptors (Lipinski definition) is 3. The topological polar surface area (TPSA) is 64.3 Å². The Balaban J connectivity index is 2.07. The molecule has 1 fully saturated rings. The molecule has 4 nitrogen and oxygen atoms in total. The first-order chi connectivity index (χ1) is 9.15. The zero-order chi connectivity index (χ0) is 13.7. The molecule has 1 heterocycles. The largest absolute Gasteiger partial charge is 0.368 e. The van der Waals surface area contributed by atoms with Crippen molar-refractivity contribution >= 4 is 5.91 Å². The van der Waals surface area contributed by atoms with Gasteiger partial charge in [-0.3, -0.25) is 4.79 Å². The Morgan fingerprint density at radius 2 is 2.16 bits per heavy atom. The zero-order valence-electron chi connectivity index (χ0n) is 11.4. The smallest absolute Gasteiger partial charge is 0.249 e. The third-order valence-electron chi connectivity index (χ3n) is 3.69. The molecule has 0 saturated carbocycles. The van der Waals surface area contributed by atoms with Gasteiger partial charge in [0.2, 0.25) is 5.91 Å². The fourth-order valence-electron chi connectivity index (χ4n) is 2.35. The average Bonchev–Trinajstić information content (AvgIpc) is 2.49. The van der Waals surface area contributed by atoms with E-state index in [0.717, 1.165) is 24.8 Å². The van der Waals surface area contributed by atoms with Gasteiger partial charge in [0, 0.05) is 13.2 Å². The van der Waals surface area contributed by atoms with E-state index in [1.807, 2.05) is 37.3 Å². The van der Waals surface area contributed by atoms with Crippen molar-refractivity contribution in [3.8, 4) is 0 Å². The number of ether oxygens (including phenoxy) is 1. The highest BCUT2D eigenvalue weighted by Crippen LogP contribution is 2.21. The van der Waals surface area contributed by atoms with Gasteiger partial charge in [-0.2, -0.15) is 0 Å². The summed E-state index contributed by atoms with van der Waals surface area (Å²) >= 11 is 0. The molecule has 19 heavy (non-hydrogen) atoms. The van der Waals surface area contributed by atoms with Gasteiger partial charge in [-0.25, -0.2) is 0 Å². The first-order valence-electron chi connectivity index (χ1n) is 6.85. The van der Waals surface area contributed by atoms with E-state index >= 15 is 0 Å². The molecule has 1 aromatic rings. The summed E-state index contributed by atoms with van der Waals surface area (Å²) in [5, 5.41) is 3.04. The van der Waals surface area contributed by atoms with E-state index in [1.165, 1.54) is 0 Å². The van der Waals surface area contributed by atoms with Gasteiger partial charge in [-0.05, 0) is 31.7 Å². The van der Waals surface area contributed by atoms with Gasteiger partial charge in [-0.15, -0.1) is 0 Å². The van der Waals surface area contributed by atoms with E-state index < -0.39 is 5.54 Å². The van der Waals surface area contributed by atoms with Gasteiger partial charge in [0.1, 0.15) is 6.10 Å². The number of benzene rings is 1. The SMILES string of the molecule is CC(CN)(NC(=O)C1CCCCO1)c1ccccc1. The van der Waals surface area contributed by atoms with Crippen LogP contribution in [0.15, 0.2) is 30.3 Å². The Morgan fingerprint density at radius 3 is 2.74 bits per heavy atom. The molecule has 0 aromatic heterocycles. The summed E-state index contributed by atoms with van der Waals surface area (Å²) in [4.78, 5) is 12.3. The van der Waals surface area contributed by atoms with Crippen LogP contribution in [0.4, 0.5) is 0 Å². The van der Waals surface area contributed by atoms with Crippen molar-refractivity contribution in [2.75, 3.05) is 13.2 Å². The molecule has 3 N–H and O–H groups in total. The molecule has 2 rings (SSSR count). The van der Waals surface area contributed by atoms with E-state index in [1.54, 1.807) is 0 Å². The maximum Gasteiger partial charge on any atom is 0.249 e. The Labute approximate surface area is 114 Å². The Hall–Kier alpha value is -1.39. The van der Waals surface area contributed by atoms with Gasteiger partial charge in [-0.1, -0.05) is 30.3 Å². The monoisotopic (exact) mass is 262 g/mol. The molecule has 2 atom stereocenters. The standard InChI is InChI=1S/C15H22N2O2/c1-15(11-16,12-7-3-2-4-8-12)17-14(18)13-9-5-6-10-19-13/h2-4,7-8,13H,5-6,9-11,16H2,1H3,(H,17,18). The number of rotatable bonds is 4. The lowest BCUT2D eigenvalue weighted by molar-refractivity contribution is -0.137. The normalized spacial score (nSPS) is 22.5. The van der Waals surface area contributed by atoms with E-state index in [0.29, 0.717) is 13.2 Å². The second kappa shape index (κ2) is 6.17. The summed E-state index contributed by atoms with van der Waals surface area (Å²) in [5.74, 6) is -0.0588. The number of hydrogen-bond donors (Lipinski definition) is 2. The van der Waals surface area contributed by atoms with Crippen LogP contribution in [0, 0.1) is 0 Å². The van der Waals surface area contributed by atoms with Crippen LogP contribution in [0.25, 0.3) is 0 Å². The number of carbonyl (C=O) groups excluding carboxylic acids is 1. The predicted octanol–water partition coefficient (Wildman–Crippen LogP) is 1.55. The molecule has 1 saturated heterocycles. The van der Waals surface area contributed by atoms with Gasteiger partial charge in [0.15, 0.2) is 0 Å². The second-order valence-electron chi connectivity index (χ2n) is 5.25. The Bertz CT molecular complexity index is 415. The molecule has 0 aliphatic carbocycles. The van der Waals surface area contributed by atoms with Crippen LogP contribution >= 0.6 is 0 Å². The molecule has 4 heteroatoms. The first kappa shape index (κ1) is 14.0. The lowest BCUT2D eigenvalue weighted by Crippen LogP contribution is -2.52. The molecule has 1 aromatic carbocycles. The number of amides is 1. The lowest BCUT2D eigenvalue weighted by atomic mass is 9.91. The minimum absolute atomic E-state index is 0.0588. The van der Waals surface area contributed by atoms with Crippen molar-refractivity contribution in [2.24, 2.45) is 5.73 Å². The van der Waals surface area contributed by atoms with Crippen molar-refractivity contribution in [3.63, 3.8) is 0 Å². The molecule has 0 spiro atoms. The van der Waals surface area contributed by atoms with Crippen molar-refractivity contribution < 1.29 is 9.53 Å². The predicted molar refractivity (Wildman–Crippen MR) is 74.6 cm³/mol. The van der Waals surface area contributed by atoms with Crippen LogP contribution in [0.1, 0.15) is 31.7 Å². The van der Waals surface area contributed by atoms with Gasteiger partial charge in [0.05, 0.1) is 5.54 Å². The molecule has 0 radical (unpaired) electrons. The first-order valence-corrected chi connectivity index (χ1v) is 6.85. The van der Waals surface area contributed by atoms with Crippen LogP contribution in [0.5, 0.6) is 0 Å². The Kier molecular flexibility index (Phi) is 4.56. The minimum atomic E-state index is -0.543. The van der Waals surface area contributed by atoms with Crippen LogP contribution < -0.4 is 11.1 Å². The van der Waals surface area contributed by atoms with Crippen molar-refractivity contribution in [1.29, 1.82) is 0 Å². The summed E-state index contributed by atoms with van der Waals surface area (Å²) in [6.45, 7) is 2.97. The number of nitrogens with one attached hydrogen (secondary N) is 1. The maximum absolute atomic E-state index is 12.3. The van der Waals surface area contributed by atoms with Crippen molar-refractivity contribution in [2.45, 2.75) is 37.8 Å². The highest BCUT2D eigenvalue weighted by Gasteiger charge is 2.31. The Morgan fingerprint density at radius 1 is 1.42 bits per heavy atom. The molecule has 0 bridgehead atoms. The van der Waals surface area contributed by atoms with Crippen LogP contribution in [-0.4, -0.2) is 25.2 Å². The summed E-state index contributed by atoms with van der Waals surface area (Å²) in [7, 11) is 0. The quantitative estimate of drug-likeness (QED) is 0.865.